The van der Waals surface area contributed by atoms with E-state index in [0.29, 0.717) is 5.82 Å². The molecule has 0 radical (unpaired) electrons. The minimum Gasteiger partial charge on any atom is -0.356 e. The molecule has 0 amide bonds. The Labute approximate surface area is 247 Å². The zero-order chi connectivity index (χ0) is 30.0. The van der Waals surface area contributed by atoms with Crippen LogP contribution in [-0.4, -0.2) is 47.3 Å². The first-order valence-electron chi connectivity index (χ1n) is 12.3. The van der Waals surface area contributed by atoms with Crippen LogP contribution in [-0.2, 0) is 10.0 Å². The van der Waals surface area contributed by atoms with Crippen LogP contribution in [0.25, 0.3) is 0 Å². The molecule has 3 heterocycles. The van der Waals surface area contributed by atoms with Gasteiger partial charge in [-0.2, -0.15) is 0 Å². The first-order valence-corrected chi connectivity index (χ1v) is 15.0. The van der Waals surface area contributed by atoms with E-state index in [4.69, 9.17) is 17.0 Å². The van der Waals surface area contributed by atoms with E-state index in [1.807, 2.05) is 15.7 Å². The molecular weight excluding hydrogens is 613 g/mol. The van der Waals surface area contributed by atoms with Crippen molar-refractivity contribution in [2.45, 2.75) is 16.6 Å². The van der Waals surface area contributed by atoms with Crippen LogP contribution in [0.1, 0.15) is 33.4 Å². The number of Topliss-reactive ketones (excluding diaryl/α,β-unsaturated/α-hetero) is 1. The van der Waals surface area contributed by atoms with Crippen molar-refractivity contribution in [3.63, 3.8) is 0 Å². The van der Waals surface area contributed by atoms with Gasteiger partial charge in [0.25, 0.3) is 10.0 Å². The van der Waals surface area contributed by atoms with Crippen LogP contribution in [0.2, 0.25) is 5.28 Å². The molecule has 5 rings (SSSR count). The molecule has 15 heteroatoms. The molecule has 0 bridgehead atoms. The van der Waals surface area contributed by atoms with Gasteiger partial charge in [0.15, 0.2) is 16.5 Å². The monoisotopic (exact) mass is 632 g/mol. The van der Waals surface area contributed by atoms with E-state index in [0.717, 1.165) is 61.6 Å². The van der Waals surface area contributed by atoms with Crippen molar-refractivity contribution in [3.8, 4) is 0 Å². The van der Waals surface area contributed by atoms with Crippen LogP contribution < -0.4 is 9.62 Å². The molecule has 0 aliphatic carbocycles. The molecular formula is C27H20ClF3N6O3S2. The Morgan fingerprint density at radius 2 is 1.69 bits per heavy atom. The molecule has 4 aromatic rings. The fourth-order valence-electron chi connectivity index (χ4n) is 4.07. The Hall–Kier alpha value is -4.01. The first-order chi connectivity index (χ1) is 20.0. The molecule has 42 heavy (non-hydrogen) atoms. The van der Waals surface area contributed by atoms with Gasteiger partial charge in [-0.25, -0.2) is 36.5 Å². The van der Waals surface area contributed by atoms with E-state index in [1.54, 1.807) is 12.1 Å². The molecule has 1 aliphatic rings. The zero-order valence-corrected chi connectivity index (χ0v) is 23.8. The molecule has 0 saturated carbocycles. The highest BCUT2D eigenvalue weighted by molar-refractivity contribution is 8.15. The largest absolute Gasteiger partial charge is 0.356 e. The lowest BCUT2D eigenvalue weighted by molar-refractivity contribution is 0.0985. The number of nitrogens with zero attached hydrogens (tertiary/aromatic N) is 4. The predicted octanol–water partition coefficient (Wildman–Crippen LogP) is 5.64. The molecule has 9 nitrogen and oxygen atoms in total. The average Bonchev–Trinajstić information content (AvgIpc) is 2.91. The Morgan fingerprint density at radius 3 is 2.36 bits per heavy atom. The highest BCUT2D eigenvalue weighted by Gasteiger charge is 2.31. The van der Waals surface area contributed by atoms with Crippen molar-refractivity contribution in [1.82, 2.24) is 15.0 Å². The number of sulfonamides is 1. The van der Waals surface area contributed by atoms with Gasteiger partial charge < -0.3 is 4.90 Å². The summed E-state index contributed by atoms with van der Waals surface area (Å²) >= 11 is 6.69. The lowest BCUT2D eigenvalue weighted by Crippen LogP contribution is -2.37. The number of aromatic nitrogens is 3. The van der Waals surface area contributed by atoms with E-state index < -0.39 is 54.7 Å². The van der Waals surface area contributed by atoms with Crippen LogP contribution in [0.5, 0.6) is 0 Å². The number of rotatable bonds is 9. The third-order valence-corrected chi connectivity index (χ3v) is 8.97. The van der Waals surface area contributed by atoms with Gasteiger partial charge >= 0.3 is 0 Å². The van der Waals surface area contributed by atoms with Gasteiger partial charge in [-0.3, -0.25) is 14.9 Å². The summed E-state index contributed by atoms with van der Waals surface area (Å²) in [5, 5.41) is 7.05. The number of nitrogens with one attached hydrogen (secondary N) is 2. The molecule has 0 spiro atoms. The van der Waals surface area contributed by atoms with Crippen LogP contribution in [0.15, 0.2) is 71.8 Å². The van der Waals surface area contributed by atoms with Crippen LogP contribution in [0, 0.1) is 22.9 Å². The van der Waals surface area contributed by atoms with Crippen LogP contribution in [0.3, 0.4) is 0 Å². The summed E-state index contributed by atoms with van der Waals surface area (Å²) in [6, 6.07) is 12.3. The number of benzene rings is 2. The summed E-state index contributed by atoms with van der Waals surface area (Å²) in [6.07, 6.45) is 2.32. The molecule has 2 aromatic heterocycles. The van der Waals surface area contributed by atoms with Crippen molar-refractivity contribution >= 4 is 55.7 Å². The van der Waals surface area contributed by atoms with E-state index in [9.17, 15) is 22.0 Å². The summed E-state index contributed by atoms with van der Waals surface area (Å²) < 4.78 is 71.4. The van der Waals surface area contributed by atoms with Crippen molar-refractivity contribution in [2.24, 2.45) is 0 Å². The Morgan fingerprint density at radius 1 is 1.00 bits per heavy atom. The number of ketones is 1. The van der Waals surface area contributed by atoms with Crippen LogP contribution in [0.4, 0.5) is 24.7 Å². The van der Waals surface area contributed by atoms with Crippen molar-refractivity contribution in [2.75, 3.05) is 22.7 Å². The van der Waals surface area contributed by atoms with E-state index in [-0.39, 0.29) is 21.7 Å². The molecule has 1 fully saturated rings. The molecule has 2 N–H and O–H groups in total. The maximum Gasteiger partial charge on any atom is 0.267 e. The quantitative estimate of drug-likeness (QED) is 0.105. The highest BCUT2D eigenvalue weighted by atomic mass is 35.5. The van der Waals surface area contributed by atoms with Crippen LogP contribution >= 0.6 is 23.4 Å². The Kier molecular flexibility index (Phi) is 8.48. The summed E-state index contributed by atoms with van der Waals surface area (Å²) in [6.45, 7) is 1.67. The van der Waals surface area contributed by atoms with E-state index in [2.05, 4.69) is 15.0 Å². The number of hydrogen-bond acceptors (Lipinski definition) is 9. The second-order valence-corrected chi connectivity index (χ2v) is 12.1. The minimum atomic E-state index is -4.92. The molecule has 1 unspecified atom stereocenters. The molecule has 1 aliphatic heterocycles. The number of halogens is 4. The Balaban J connectivity index is 1.48. The van der Waals surface area contributed by atoms with E-state index >= 15 is 4.39 Å². The smallest absolute Gasteiger partial charge is 0.267 e. The fourth-order valence-corrected chi connectivity index (χ4v) is 6.38. The van der Waals surface area contributed by atoms with Crippen molar-refractivity contribution in [1.29, 1.82) is 5.41 Å². The lowest BCUT2D eigenvalue weighted by atomic mass is 10.0. The average molecular weight is 633 g/mol. The maximum atomic E-state index is 15.7. The molecule has 2 aromatic carbocycles. The molecule has 1 saturated heterocycles. The summed E-state index contributed by atoms with van der Waals surface area (Å²) in [4.78, 5) is 26.9. The lowest BCUT2D eigenvalue weighted by Gasteiger charge is -2.32. The van der Waals surface area contributed by atoms with Gasteiger partial charge in [0.1, 0.15) is 27.7 Å². The third-order valence-electron chi connectivity index (χ3n) is 6.23. The van der Waals surface area contributed by atoms with Gasteiger partial charge in [-0.15, -0.1) is 0 Å². The third kappa shape index (κ3) is 6.10. The van der Waals surface area contributed by atoms with Gasteiger partial charge in [0.2, 0.25) is 5.28 Å². The number of pyridine rings is 1. The zero-order valence-electron chi connectivity index (χ0n) is 21.4. The second kappa shape index (κ2) is 12.1. The number of carbonyl (C=O) groups is 1. The highest BCUT2D eigenvalue weighted by Crippen LogP contribution is 2.36. The van der Waals surface area contributed by atoms with Gasteiger partial charge in [-0.05, 0) is 60.5 Å². The SMILES string of the molecule is N=C(SC(C(=O)c1cccc(NS(=O)(=O)c2c(F)cccc2F)c1F)c1ccnc(Cl)n1)c1cccc(N2CCC2)n1. The topological polar surface area (TPSA) is 129 Å². The van der Waals surface area contributed by atoms with E-state index in [1.165, 1.54) is 18.3 Å². The number of thioether (sulfide) groups is 1. The number of anilines is 2. The minimum absolute atomic E-state index is 0.0625. The van der Waals surface area contributed by atoms with Crippen molar-refractivity contribution in [3.05, 3.63) is 107 Å². The predicted molar refractivity (Wildman–Crippen MR) is 153 cm³/mol. The number of carbonyl (C=O) groups excluding carboxylic acids is 1. The summed E-state index contributed by atoms with van der Waals surface area (Å²) in [7, 11) is -4.92. The molecule has 216 valence electrons. The second-order valence-electron chi connectivity index (χ2n) is 8.99. The van der Waals surface area contributed by atoms with Gasteiger partial charge in [-0.1, -0.05) is 30.0 Å². The fraction of sp³-hybridized carbons (Fsp3) is 0.148. The maximum absolute atomic E-state index is 15.7. The van der Waals surface area contributed by atoms with Gasteiger partial charge in [0.05, 0.1) is 22.6 Å². The Bertz CT molecular complexity index is 1790. The normalized spacial score (nSPS) is 13.8. The number of hydrogen-bond donors (Lipinski definition) is 2. The van der Waals surface area contributed by atoms with Gasteiger partial charge in [0, 0.05) is 19.3 Å². The molecule has 1 atom stereocenters. The summed E-state index contributed by atoms with van der Waals surface area (Å²) in [5.74, 6) is -4.25. The summed E-state index contributed by atoms with van der Waals surface area (Å²) in [5.41, 5.74) is -0.942. The first kappa shape index (κ1) is 29.5. The van der Waals surface area contributed by atoms with Crippen molar-refractivity contribution < 1.29 is 26.4 Å². The standard InChI is InChI=1S/C27H20ClF3N6O3S2/c28-27-33-12-11-19(35-27)24(41-26(32)20-9-3-10-21(34-20)37-13-4-14-37)23(38)15-5-1-8-18(22(15)31)36-42(39,40)25-16(29)6-2-7-17(25)30/h1-3,5-12,24,32,36H,4,13-14H2.